The van der Waals surface area contributed by atoms with E-state index in [0.717, 1.165) is 10.4 Å². The maximum Gasteiger partial charge on any atom is 0.250 e. The zero-order valence-electron chi connectivity index (χ0n) is 12.3. The van der Waals surface area contributed by atoms with Crippen molar-refractivity contribution in [1.29, 1.82) is 0 Å². The van der Waals surface area contributed by atoms with Crippen LogP contribution in [0.15, 0.2) is 53.3 Å². The first kappa shape index (κ1) is 16.8. The Balaban J connectivity index is 1.63. The van der Waals surface area contributed by atoms with E-state index in [1.54, 1.807) is 42.8 Å². The van der Waals surface area contributed by atoms with E-state index in [0.29, 0.717) is 27.4 Å². The first-order chi connectivity index (χ1) is 11.6. The lowest BCUT2D eigenvalue weighted by atomic mass is 10.1. The highest BCUT2D eigenvalue weighted by atomic mass is 35.5. The molecule has 1 aromatic carbocycles. The van der Waals surface area contributed by atoms with Gasteiger partial charge >= 0.3 is 0 Å². The van der Waals surface area contributed by atoms with Gasteiger partial charge in [0.05, 0.1) is 6.26 Å². The van der Waals surface area contributed by atoms with Crippen molar-refractivity contribution >= 4 is 51.7 Å². The largest absolute Gasteiger partial charge is 0.465 e. The third-order valence-electron chi connectivity index (χ3n) is 3.10. The smallest absolute Gasteiger partial charge is 0.250 e. The van der Waals surface area contributed by atoms with Crippen LogP contribution in [0.4, 0.5) is 5.13 Å². The van der Waals surface area contributed by atoms with E-state index >= 15 is 0 Å². The molecule has 2 heterocycles. The number of benzene rings is 1. The van der Waals surface area contributed by atoms with Gasteiger partial charge < -0.3 is 4.42 Å². The lowest BCUT2D eigenvalue weighted by Gasteiger charge is -2.02. The highest BCUT2D eigenvalue weighted by Crippen LogP contribution is 2.26. The molecule has 0 aliphatic carbocycles. The van der Waals surface area contributed by atoms with E-state index in [4.69, 9.17) is 27.6 Å². The highest BCUT2D eigenvalue weighted by molar-refractivity contribution is 7.15. The molecule has 0 saturated carbocycles. The molecule has 0 aliphatic rings. The van der Waals surface area contributed by atoms with Gasteiger partial charge in [-0.3, -0.25) is 10.1 Å². The average Bonchev–Trinajstić information content (AvgIpc) is 3.21. The van der Waals surface area contributed by atoms with E-state index in [1.807, 2.05) is 6.07 Å². The second kappa shape index (κ2) is 7.66. The van der Waals surface area contributed by atoms with Crippen molar-refractivity contribution in [3.63, 3.8) is 0 Å². The van der Waals surface area contributed by atoms with Crippen molar-refractivity contribution < 1.29 is 9.21 Å². The molecule has 24 heavy (non-hydrogen) atoms. The number of rotatable bonds is 5. The predicted octanol–water partition coefficient (Wildman–Crippen LogP) is 5.29. The molecular formula is C17H12Cl2N2O2S. The fourth-order valence-corrected chi connectivity index (χ4v) is 3.22. The molecule has 0 saturated heterocycles. The van der Waals surface area contributed by atoms with Crippen LogP contribution in [0.3, 0.4) is 0 Å². The minimum Gasteiger partial charge on any atom is -0.465 e. The fraction of sp³-hybridized carbons (Fsp3) is 0.0588. The van der Waals surface area contributed by atoms with Crippen LogP contribution in [-0.2, 0) is 11.2 Å². The Morgan fingerprint density at radius 3 is 3.00 bits per heavy atom. The Kier molecular flexibility index (Phi) is 5.35. The number of anilines is 1. The molecular weight excluding hydrogens is 367 g/mol. The Bertz CT molecular complexity index is 873. The number of carbonyl (C=O) groups excluding carboxylic acids is 1. The maximum absolute atomic E-state index is 11.9. The zero-order chi connectivity index (χ0) is 16.9. The van der Waals surface area contributed by atoms with E-state index in [9.17, 15) is 4.79 Å². The van der Waals surface area contributed by atoms with Gasteiger partial charge in [0.1, 0.15) is 5.76 Å². The van der Waals surface area contributed by atoms with Gasteiger partial charge in [-0.05, 0) is 42.0 Å². The molecule has 0 spiro atoms. The average molecular weight is 379 g/mol. The van der Waals surface area contributed by atoms with Crippen LogP contribution in [0.2, 0.25) is 10.0 Å². The number of amides is 1. The topological polar surface area (TPSA) is 55.1 Å². The number of halogens is 2. The normalized spacial score (nSPS) is 11.1. The first-order valence-electron chi connectivity index (χ1n) is 7.01. The van der Waals surface area contributed by atoms with Crippen molar-refractivity contribution in [3.05, 3.63) is 75.1 Å². The standard InChI is InChI=1S/C17H12Cl2N2O2S/c18-12-3-5-15(19)11(8-12)9-14-10-20-17(24-14)21-16(22)6-4-13-2-1-7-23-13/h1-8,10H,9H2,(H,20,21,22)/b6-4+. The molecule has 3 rings (SSSR count). The summed E-state index contributed by atoms with van der Waals surface area (Å²) in [6, 6.07) is 8.86. The Morgan fingerprint density at radius 1 is 1.33 bits per heavy atom. The Morgan fingerprint density at radius 2 is 2.21 bits per heavy atom. The van der Waals surface area contributed by atoms with Gasteiger partial charge in [0.2, 0.25) is 5.91 Å². The summed E-state index contributed by atoms with van der Waals surface area (Å²) in [5.74, 6) is 0.341. The number of nitrogens with zero attached hydrogens (tertiary/aromatic N) is 1. The number of hydrogen-bond acceptors (Lipinski definition) is 4. The predicted molar refractivity (Wildman–Crippen MR) is 97.8 cm³/mol. The van der Waals surface area contributed by atoms with Gasteiger partial charge in [-0.2, -0.15) is 0 Å². The van der Waals surface area contributed by atoms with Crippen LogP contribution in [-0.4, -0.2) is 10.9 Å². The van der Waals surface area contributed by atoms with Crippen molar-refractivity contribution in [2.45, 2.75) is 6.42 Å². The van der Waals surface area contributed by atoms with Crippen LogP contribution in [0.1, 0.15) is 16.2 Å². The van der Waals surface area contributed by atoms with Crippen LogP contribution in [0.25, 0.3) is 6.08 Å². The Labute approximate surface area is 152 Å². The van der Waals surface area contributed by atoms with E-state index in [2.05, 4.69) is 10.3 Å². The van der Waals surface area contributed by atoms with Crippen LogP contribution < -0.4 is 5.32 Å². The van der Waals surface area contributed by atoms with Crippen molar-refractivity contribution in [2.75, 3.05) is 5.32 Å². The molecule has 122 valence electrons. The van der Waals surface area contributed by atoms with E-state index < -0.39 is 0 Å². The highest BCUT2D eigenvalue weighted by Gasteiger charge is 2.08. The summed E-state index contributed by atoms with van der Waals surface area (Å²) in [4.78, 5) is 17.0. The number of carbonyl (C=O) groups is 1. The lowest BCUT2D eigenvalue weighted by Crippen LogP contribution is -2.06. The molecule has 1 N–H and O–H groups in total. The SMILES string of the molecule is O=C(/C=C/c1ccco1)Nc1ncc(Cc2cc(Cl)ccc2Cl)s1. The Hall–Kier alpha value is -2.08. The minimum atomic E-state index is -0.270. The summed E-state index contributed by atoms with van der Waals surface area (Å²) in [6.45, 7) is 0. The second-order valence-electron chi connectivity index (χ2n) is 4.88. The summed E-state index contributed by atoms with van der Waals surface area (Å²) in [7, 11) is 0. The van der Waals surface area contributed by atoms with Crippen LogP contribution in [0, 0.1) is 0 Å². The fourth-order valence-electron chi connectivity index (χ4n) is 2.00. The van der Waals surface area contributed by atoms with E-state index in [-0.39, 0.29) is 5.91 Å². The van der Waals surface area contributed by atoms with Gasteiger partial charge in [-0.25, -0.2) is 4.98 Å². The monoisotopic (exact) mass is 378 g/mol. The molecule has 3 aromatic rings. The number of thiazole rings is 1. The van der Waals surface area contributed by atoms with Crippen LogP contribution in [0.5, 0.6) is 0 Å². The quantitative estimate of drug-likeness (QED) is 0.613. The van der Waals surface area contributed by atoms with Gasteiger partial charge in [0.15, 0.2) is 5.13 Å². The summed E-state index contributed by atoms with van der Waals surface area (Å²) in [5, 5.41) is 4.53. The third-order valence-corrected chi connectivity index (χ3v) is 4.61. The minimum absolute atomic E-state index is 0.270. The molecule has 0 aliphatic heterocycles. The molecule has 0 fully saturated rings. The molecule has 4 nitrogen and oxygen atoms in total. The number of furan rings is 1. The molecule has 2 aromatic heterocycles. The summed E-state index contributed by atoms with van der Waals surface area (Å²) in [5.41, 5.74) is 0.920. The molecule has 0 atom stereocenters. The second-order valence-corrected chi connectivity index (χ2v) is 6.84. The van der Waals surface area contributed by atoms with Crippen molar-refractivity contribution in [2.24, 2.45) is 0 Å². The molecule has 1 amide bonds. The van der Waals surface area contributed by atoms with Gasteiger partial charge in [0, 0.05) is 33.6 Å². The maximum atomic E-state index is 11.9. The van der Waals surface area contributed by atoms with Crippen LogP contribution >= 0.6 is 34.5 Å². The van der Waals surface area contributed by atoms with Crippen molar-refractivity contribution in [3.8, 4) is 0 Å². The third kappa shape index (κ3) is 4.47. The summed E-state index contributed by atoms with van der Waals surface area (Å²) < 4.78 is 5.12. The van der Waals surface area contributed by atoms with Gasteiger partial charge in [0.25, 0.3) is 0 Å². The number of aromatic nitrogens is 1. The summed E-state index contributed by atoms with van der Waals surface area (Å²) >= 11 is 13.5. The number of hydrogen-bond donors (Lipinski definition) is 1. The lowest BCUT2D eigenvalue weighted by molar-refractivity contribution is -0.111. The molecule has 0 radical (unpaired) electrons. The molecule has 7 heteroatoms. The zero-order valence-corrected chi connectivity index (χ0v) is 14.7. The van der Waals surface area contributed by atoms with Gasteiger partial charge in [-0.15, -0.1) is 11.3 Å². The van der Waals surface area contributed by atoms with E-state index in [1.165, 1.54) is 17.4 Å². The first-order valence-corrected chi connectivity index (χ1v) is 8.58. The molecule has 0 unspecified atom stereocenters. The molecule has 0 bridgehead atoms. The summed E-state index contributed by atoms with van der Waals surface area (Å²) in [6.07, 6.45) is 6.86. The van der Waals surface area contributed by atoms with Crippen molar-refractivity contribution in [1.82, 2.24) is 4.98 Å². The van der Waals surface area contributed by atoms with Gasteiger partial charge in [-0.1, -0.05) is 23.2 Å². The number of nitrogens with one attached hydrogen (secondary N) is 1.